The van der Waals surface area contributed by atoms with Gasteiger partial charge in [0.2, 0.25) is 11.8 Å². The van der Waals surface area contributed by atoms with E-state index in [1.54, 1.807) is 5.48 Å². The first-order chi connectivity index (χ1) is 10.7. The zero-order valence-corrected chi connectivity index (χ0v) is 12.2. The van der Waals surface area contributed by atoms with Gasteiger partial charge < -0.3 is 9.88 Å². The van der Waals surface area contributed by atoms with Crippen molar-refractivity contribution in [3.05, 3.63) is 54.4 Å². The Kier molecular flexibility index (Phi) is 5.73. The molecule has 2 rings (SSSR count). The minimum atomic E-state index is -0.449. The van der Waals surface area contributed by atoms with E-state index in [1.807, 2.05) is 53.4 Å². The second kappa shape index (κ2) is 7.99. The Hall–Kier alpha value is -2.60. The average Bonchev–Trinajstić information content (AvgIpc) is 3.06. The van der Waals surface area contributed by atoms with Crippen LogP contribution in [0.2, 0.25) is 0 Å². The molecule has 116 valence electrons. The first-order valence-corrected chi connectivity index (χ1v) is 7.11. The van der Waals surface area contributed by atoms with E-state index in [2.05, 4.69) is 5.32 Å². The summed E-state index contributed by atoms with van der Waals surface area (Å²) >= 11 is 0. The number of nitrogens with one attached hydrogen (secondary N) is 2. The molecule has 0 bridgehead atoms. The molecule has 2 amide bonds. The summed E-state index contributed by atoms with van der Waals surface area (Å²) in [5.41, 5.74) is 3.53. The molecule has 2 aromatic rings. The maximum Gasteiger partial charge on any atom is 0.243 e. The van der Waals surface area contributed by atoms with Crippen molar-refractivity contribution >= 4 is 11.8 Å². The van der Waals surface area contributed by atoms with Crippen LogP contribution in [0.1, 0.15) is 18.4 Å². The molecule has 1 aromatic heterocycles. The molecule has 1 aromatic carbocycles. The van der Waals surface area contributed by atoms with Crippen LogP contribution in [0.5, 0.6) is 0 Å². The van der Waals surface area contributed by atoms with Crippen molar-refractivity contribution < 1.29 is 14.8 Å². The minimum Gasteiger partial charge on any atom is -0.356 e. The molecule has 6 nitrogen and oxygen atoms in total. The second-order valence-corrected chi connectivity index (χ2v) is 4.92. The monoisotopic (exact) mass is 301 g/mol. The van der Waals surface area contributed by atoms with Crippen LogP contribution in [-0.4, -0.2) is 28.1 Å². The third-order valence-corrected chi connectivity index (χ3v) is 3.23. The lowest BCUT2D eigenvalue weighted by atomic mass is 10.1. The van der Waals surface area contributed by atoms with Crippen LogP contribution in [0, 0.1) is 0 Å². The van der Waals surface area contributed by atoms with Crippen LogP contribution in [-0.2, 0) is 16.0 Å². The molecule has 0 aliphatic rings. The molecular weight excluding hydrogens is 282 g/mol. The number of nitrogens with zero attached hydrogens (tertiary/aromatic N) is 1. The lowest BCUT2D eigenvalue weighted by molar-refractivity contribution is -0.129. The van der Waals surface area contributed by atoms with Gasteiger partial charge in [0.1, 0.15) is 0 Å². The summed E-state index contributed by atoms with van der Waals surface area (Å²) in [4.78, 5) is 22.6. The Morgan fingerprint density at radius 1 is 1.05 bits per heavy atom. The Labute approximate surface area is 128 Å². The normalized spacial score (nSPS) is 10.2. The standard InChI is InChI=1S/C16H19N3O3/c20-15(18-22)4-3-9-17-16(21)12-13-5-7-14(8-6-13)19-10-1-2-11-19/h1-2,5-8,10-11,22H,3-4,9,12H2,(H,17,21)(H,18,20). The topological polar surface area (TPSA) is 83.4 Å². The van der Waals surface area contributed by atoms with E-state index in [1.165, 1.54) is 0 Å². The third-order valence-electron chi connectivity index (χ3n) is 3.23. The van der Waals surface area contributed by atoms with E-state index >= 15 is 0 Å². The number of aromatic nitrogens is 1. The van der Waals surface area contributed by atoms with Crippen LogP contribution in [0.3, 0.4) is 0 Å². The van der Waals surface area contributed by atoms with Gasteiger partial charge >= 0.3 is 0 Å². The molecule has 0 unspecified atom stereocenters. The number of hydrogen-bond donors (Lipinski definition) is 3. The van der Waals surface area contributed by atoms with Gasteiger partial charge in [-0.3, -0.25) is 14.8 Å². The average molecular weight is 301 g/mol. The van der Waals surface area contributed by atoms with E-state index in [0.29, 0.717) is 19.4 Å². The van der Waals surface area contributed by atoms with Crippen molar-refractivity contribution in [1.82, 2.24) is 15.4 Å². The van der Waals surface area contributed by atoms with Crippen molar-refractivity contribution in [3.63, 3.8) is 0 Å². The van der Waals surface area contributed by atoms with E-state index in [0.717, 1.165) is 11.3 Å². The summed E-state index contributed by atoms with van der Waals surface area (Å²) < 4.78 is 2.00. The smallest absolute Gasteiger partial charge is 0.243 e. The van der Waals surface area contributed by atoms with Crippen LogP contribution in [0.15, 0.2) is 48.8 Å². The summed E-state index contributed by atoms with van der Waals surface area (Å²) in [6.07, 6.45) is 4.90. The first kappa shape index (κ1) is 15.8. The summed E-state index contributed by atoms with van der Waals surface area (Å²) in [6, 6.07) is 11.7. The predicted molar refractivity (Wildman–Crippen MR) is 81.6 cm³/mol. The van der Waals surface area contributed by atoms with Crippen molar-refractivity contribution in [2.75, 3.05) is 6.54 Å². The number of carbonyl (C=O) groups is 2. The van der Waals surface area contributed by atoms with Crippen molar-refractivity contribution in [3.8, 4) is 5.69 Å². The van der Waals surface area contributed by atoms with Gasteiger partial charge in [0.15, 0.2) is 0 Å². The number of benzene rings is 1. The SMILES string of the molecule is O=C(CCCNC(=O)Cc1ccc(-n2cccc2)cc1)NO. The largest absolute Gasteiger partial charge is 0.356 e. The number of amides is 2. The number of hydrogen-bond acceptors (Lipinski definition) is 3. The van der Waals surface area contributed by atoms with Gasteiger partial charge in [-0.15, -0.1) is 0 Å². The Morgan fingerprint density at radius 2 is 1.73 bits per heavy atom. The molecule has 0 aliphatic heterocycles. The van der Waals surface area contributed by atoms with Crippen molar-refractivity contribution in [2.45, 2.75) is 19.3 Å². The van der Waals surface area contributed by atoms with Crippen molar-refractivity contribution in [1.29, 1.82) is 0 Å². The molecule has 0 saturated heterocycles. The van der Waals surface area contributed by atoms with Gasteiger partial charge in [-0.1, -0.05) is 12.1 Å². The fourth-order valence-corrected chi connectivity index (χ4v) is 2.07. The van der Waals surface area contributed by atoms with Gasteiger partial charge in [0.05, 0.1) is 6.42 Å². The highest BCUT2D eigenvalue weighted by atomic mass is 16.5. The number of carbonyl (C=O) groups excluding carboxylic acids is 2. The molecule has 0 atom stereocenters. The van der Waals surface area contributed by atoms with E-state index < -0.39 is 5.91 Å². The van der Waals surface area contributed by atoms with Crippen LogP contribution in [0.4, 0.5) is 0 Å². The van der Waals surface area contributed by atoms with E-state index in [9.17, 15) is 9.59 Å². The number of rotatable bonds is 7. The van der Waals surface area contributed by atoms with Crippen LogP contribution >= 0.6 is 0 Å². The Bertz CT molecular complexity index is 606. The molecule has 0 fully saturated rings. The van der Waals surface area contributed by atoms with Gasteiger partial charge in [-0.2, -0.15) is 0 Å². The highest BCUT2D eigenvalue weighted by molar-refractivity contribution is 5.78. The summed E-state index contributed by atoms with van der Waals surface area (Å²) in [7, 11) is 0. The fourth-order valence-electron chi connectivity index (χ4n) is 2.07. The van der Waals surface area contributed by atoms with Crippen molar-refractivity contribution in [2.24, 2.45) is 0 Å². The summed E-state index contributed by atoms with van der Waals surface area (Å²) in [5.74, 6) is -0.534. The molecule has 0 radical (unpaired) electrons. The molecule has 22 heavy (non-hydrogen) atoms. The maximum atomic E-state index is 11.8. The van der Waals surface area contributed by atoms with E-state index in [-0.39, 0.29) is 12.3 Å². The molecule has 0 spiro atoms. The maximum absolute atomic E-state index is 11.8. The minimum absolute atomic E-state index is 0.0851. The van der Waals surface area contributed by atoms with Gasteiger partial charge in [0.25, 0.3) is 0 Å². The number of hydroxylamine groups is 1. The predicted octanol–water partition coefficient (Wildman–Crippen LogP) is 1.42. The van der Waals surface area contributed by atoms with Gasteiger partial charge in [0, 0.05) is 31.0 Å². The van der Waals surface area contributed by atoms with Gasteiger partial charge in [-0.25, -0.2) is 5.48 Å². The molecule has 3 N–H and O–H groups in total. The Morgan fingerprint density at radius 3 is 2.36 bits per heavy atom. The molecule has 1 heterocycles. The Balaban J connectivity index is 1.76. The highest BCUT2D eigenvalue weighted by Gasteiger charge is 2.04. The summed E-state index contributed by atoms with van der Waals surface area (Å²) in [5, 5.41) is 11.1. The lowest BCUT2D eigenvalue weighted by Gasteiger charge is -2.07. The van der Waals surface area contributed by atoms with E-state index in [4.69, 9.17) is 5.21 Å². The lowest BCUT2D eigenvalue weighted by Crippen LogP contribution is -2.27. The first-order valence-electron chi connectivity index (χ1n) is 7.11. The zero-order chi connectivity index (χ0) is 15.8. The quantitative estimate of drug-likeness (QED) is 0.411. The molecule has 0 aliphatic carbocycles. The molecule has 0 saturated carbocycles. The fraction of sp³-hybridized carbons (Fsp3) is 0.250. The van der Waals surface area contributed by atoms with Gasteiger partial charge in [-0.05, 0) is 36.2 Å². The third kappa shape index (κ3) is 4.75. The zero-order valence-electron chi connectivity index (χ0n) is 12.2. The molecule has 6 heteroatoms. The van der Waals surface area contributed by atoms with Crippen LogP contribution < -0.4 is 10.8 Å². The second-order valence-electron chi connectivity index (χ2n) is 4.92. The summed E-state index contributed by atoms with van der Waals surface area (Å²) in [6.45, 7) is 0.410. The highest BCUT2D eigenvalue weighted by Crippen LogP contribution is 2.10. The molecular formula is C16H19N3O3. The van der Waals surface area contributed by atoms with Crippen LogP contribution in [0.25, 0.3) is 5.69 Å².